The number of amides is 1. The molecule has 8 nitrogen and oxygen atoms in total. The average molecular weight is 529 g/mol. The molecule has 1 aliphatic carbocycles. The molecule has 0 bridgehead atoms. The van der Waals surface area contributed by atoms with E-state index < -0.39 is 5.97 Å². The summed E-state index contributed by atoms with van der Waals surface area (Å²) >= 11 is 2.78. The smallest absolute Gasteiger partial charge is 0.341 e. The fraction of sp³-hybridized carbons (Fsp3) is 0.462. The highest BCUT2D eigenvalue weighted by atomic mass is 32.2. The molecule has 192 valence electrons. The molecule has 0 spiro atoms. The van der Waals surface area contributed by atoms with E-state index in [1.807, 2.05) is 30.5 Å². The summed E-state index contributed by atoms with van der Waals surface area (Å²) < 4.78 is 13.0. The molecule has 1 atom stereocenters. The van der Waals surface area contributed by atoms with Crippen LogP contribution in [0.3, 0.4) is 0 Å². The van der Waals surface area contributed by atoms with Crippen LogP contribution in [0, 0.1) is 0 Å². The van der Waals surface area contributed by atoms with E-state index in [0.29, 0.717) is 34.0 Å². The summed E-state index contributed by atoms with van der Waals surface area (Å²) in [7, 11) is 1.36. The van der Waals surface area contributed by atoms with Crippen LogP contribution in [0.4, 0.5) is 5.00 Å². The highest BCUT2D eigenvalue weighted by molar-refractivity contribution is 7.99. The first-order valence-electron chi connectivity index (χ1n) is 12.2. The summed E-state index contributed by atoms with van der Waals surface area (Å²) in [5, 5.41) is 12.8. The molecule has 0 saturated carbocycles. The third-order valence-corrected chi connectivity index (χ3v) is 8.36. The number of aromatic nitrogens is 3. The number of carbonyl (C=O) groups excluding carboxylic acids is 2. The number of methoxy groups -OCH3 is 1. The van der Waals surface area contributed by atoms with Crippen molar-refractivity contribution in [3.8, 4) is 5.75 Å². The first kappa shape index (κ1) is 26.2. The Balaban J connectivity index is 1.40. The van der Waals surface area contributed by atoms with Crippen LogP contribution < -0.4 is 10.1 Å². The molecule has 1 aliphatic rings. The fourth-order valence-electron chi connectivity index (χ4n) is 4.30. The van der Waals surface area contributed by atoms with Gasteiger partial charge in [0.2, 0.25) is 5.91 Å². The van der Waals surface area contributed by atoms with Gasteiger partial charge < -0.3 is 19.4 Å². The van der Waals surface area contributed by atoms with E-state index >= 15 is 0 Å². The minimum absolute atomic E-state index is 0.146. The second-order valence-electron chi connectivity index (χ2n) is 8.96. The summed E-state index contributed by atoms with van der Waals surface area (Å²) in [5.74, 6) is 1.48. The number of anilines is 1. The number of esters is 1. The summed E-state index contributed by atoms with van der Waals surface area (Å²) in [4.78, 5) is 26.3. The Hall–Kier alpha value is -2.85. The van der Waals surface area contributed by atoms with Crippen LogP contribution >= 0.6 is 23.1 Å². The molecule has 2 heterocycles. The van der Waals surface area contributed by atoms with Gasteiger partial charge in [0.25, 0.3) is 0 Å². The van der Waals surface area contributed by atoms with Crippen molar-refractivity contribution in [2.45, 2.75) is 70.7 Å². The molecule has 0 saturated heterocycles. The zero-order valence-electron chi connectivity index (χ0n) is 21.3. The Labute approximate surface area is 219 Å². The maximum absolute atomic E-state index is 12.8. The lowest BCUT2D eigenvalue weighted by Crippen LogP contribution is -2.17. The standard InChI is InChI=1S/C26H32N4O4S2/c1-6-30-23(16(4)34-18-12-10-17(11-13-18)15(2)3)28-29-26(30)35-14-21(31)27-24-22(25(32)33-5)19-8-7-9-20(19)36-24/h10-13,15-16H,6-9,14H2,1-5H3,(H,27,31). The van der Waals surface area contributed by atoms with E-state index in [2.05, 4.69) is 41.5 Å². The van der Waals surface area contributed by atoms with Crippen molar-refractivity contribution in [2.24, 2.45) is 0 Å². The van der Waals surface area contributed by atoms with Gasteiger partial charge in [0.15, 0.2) is 17.1 Å². The van der Waals surface area contributed by atoms with Gasteiger partial charge in [-0.15, -0.1) is 21.5 Å². The van der Waals surface area contributed by atoms with Gasteiger partial charge in [0.1, 0.15) is 10.8 Å². The van der Waals surface area contributed by atoms with Crippen LogP contribution in [0.1, 0.15) is 78.3 Å². The Morgan fingerprint density at radius 1 is 1.17 bits per heavy atom. The van der Waals surface area contributed by atoms with Crippen molar-refractivity contribution in [3.05, 3.63) is 51.7 Å². The molecule has 3 aromatic rings. The van der Waals surface area contributed by atoms with Crippen LogP contribution in [-0.2, 0) is 28.9 Å². The number of ether oxygens (including phenoxy) is 2. The molecule has 0 radical (unpaired) electrons. The number of thiophene rings is 1. The van der Waals surface area contributed by atoms with Gasteiger partial charge >= 0.3 is 5.97 Å². The van der Waals surface area contributed by atoms with Crippen molar-refractivity contribution in [3.63, 3.8) is 0 Å². The minimum atomic E-state index is -0.402. The molecule has 1 aromatic carbocycles. The normalized spacial score (nSPS) is 13.5. The summed E-state index contributed by atoms with van der Waals surface area (Å²) in [6, 6.07) is 8.10. The Morgan fingerprint density at radius 2 is 1.92 bits per heavy atom. The molecular formula is C26H32N4O4S2. The van der Waals surface area contributed by atoms with E-state index in [9.17, 15) is 9.59 Å². The van der Waals surface area contributed by atoms with Gasteiger partial charge in [0, 0.05) is 11.4 Å². The first-order valence-corrected chi connectivity index (χ1v) is 14.0. The van der Waals surface area contributed by atoms with Crippen LogP contribution in [-0.4, -0.2) is 39.5 Å². The molecule has 10 heteroatoms. The lowest BCUT2D eigenvalue weighted by atomic mass is 10.0. The summed E-state index contributed by atoms with van der Waals surface area (Å²) in [6.45, 7) is 8.92. The number of hydrogen-bond acceptors (Lipinski definition) is 8. The van der Waals surface area contributed by atoms with Gasteiger partial charge in [-0.2, -0.15) is 0 Å². The van der Waals surface area contributed by atoms with Crippen LogP contribution in [0.25, 0.3) is 0 Å². The molecule has 1 N–H and O–H groups in total. The van der Waals surface area contributed by atoms with E-state index in [1.54, 1.807) is 0 Å². The van der Waals surface area contributed by atoms with Gasteiger partial charge in [-0.05, 0) is 62.3 Å². The maximum atomic E-state index is 12.8. The summed E-state index contributed by atoms with van der Waals surface area (Å²) in [5.41, 5.74) is 2.77. The predicted octanol–water partition coefficient (Wildman–Crippen LogP) is 5.63. The van der Waals surface area contributed by atoms with Crippen molar-refractivity contribution < 1.29 is 19.1 Å². The number of nitrogens with one attached hydrogen (secondary N) is 1. The SMILES string of the molecule is CCn1c(SCC(=O)Nc2sc3c(c2C(=O)OC)CCC3)nnc1C(C)Oc1ccc(C(C)C)cc1. The number of thioether (sulfide) groups is 1. The van der Waals surface area contributed by atoms with Crippen LogP contribution in [0.5, 0.6) is 5.75 Å². The maximum Gasteiger partial charge on any atom is 0.341 e. The predicted molar refractivity (Wildman–Crippen MR) is 142 cm³/mol. The molecular weight excluding hydrogens is 496 g/mol. The number of aryl methyl sites for hydroxylation is 1. The van der Waals surface area contributed by atoms with Crippen molar-refractivity contribution >= 4 is 40.0 Å². The van der Waals surface area contributed by atoms with Crippen molar-refractivity contribution in [2.75, 3.05) is 18.2 Å². The fourth-order valence-corrected chi connectivity index (χ4v) is 6.40. The number of nitrogens with zero attached hydrogens (tertiary/aromatic N) is 3. The van der Waals surface area contributed by atoms with Crippen molar-refractivity contribution in [1.29, 1.82) is 0 Å². The zero-order valence-corrected chi connectivity index (χ0v) is 22.9. The first-order chi connectivity index (χ1) is 17.3. The molecule has 0 fully saturated rings. The van der Waals surface area contributed by atoms with E-state index in [0.717, 1.165) is 35.5 Å². The van der Waals surface area contributed by atoms with Crippen molar-refractivity contribution in [1.82, 2.24) is 14.8 Å². The van der Waals surface area contributed by atoms with Gasteiger partial charge in [-0.3, -0.25) is 4.79 Å². The largest absolute Gasteiger partial charge is 0.483 e. The Morgan fingerprint density at radius 3 is 2.58 bits per heavy atom. The monoisotopic (exact) mass is 528 g/mol. The number of rotatable bonds is 10. The molecule has 2 aromatic heterocycles. The van der Waals surface area contributed by atoms with E-state index in [1.165, 1.54) is 35.8 Å². The minimum Gasteiger partial charge on any atom is -0.483 e. The molecule has 0 aliphatic heterocycles. The van der Waals surface area contributed by atoms with Crippen LogP contribution in [0.2, 0.25) is 0 Å². The average Bonchev–Trinajstić information content (AvgIpc) is 3.56. The third-order valence-electron chi connectivity index (χ3n) is 6.18. The molecule has 36 heavy (non-hydrogen) atoms. The number of benzene rings is 1. The van der Waals surface area contributed by atoms with E-state index in [-0.39, 0.29) is 17.8 Å². The third kappa shape index (κ3) is 5.59. The Kier molecular flexibility index (Phi) is 8.35. The van der Waals surface area contributed by atoms with Gasteiger partial charge in [-0.25, -0.2) is 4.79 Å². The molecule has 4 rings (SSSR count). The quantitative estimate of drug-likeness (QED) is 0.269. The lowest BCUT2D eigenvalue weighted by molar-refractivity contribution is -0.113. The zero-order chi connectivity index (χ0) is 25.8. The second-order valence-corrected chi connectivity index (χ2v) is 11.0. The summed E-state index contributed by atoms with van der Waals surface area (Å²) in [6.07, 6.45) is 2.49. The highest BCUT2D eigenvalue weighted by Crippen LogP contribution is 2.39. The lowest BCUT2D eigenvalue weighted by Gasteiger charge is -2.16. The number of hydrogen-bond donors (Lipinski definition) is 1. The number of fused-ring (bicyclic) bond motifs is 1. The molecule has 1 unspecified atom stereocenters. The van der Waals surface area contributed by atoms with Gasteiger partial charge in [-0.1, -0.05) is 37.7 Å². The highest BCUT2D eigenvalue weighted by Gasteiger charge is 2.28. The Bertz CT molecular complexity index is 1230. The topological polar surface area (TPSA) is 95.3 Å². The van der Waals surface area contributed by atoms with Gasteiger partial charge in [0.05, 0.1) is 18.4 Å². The number of carbonyl (C=O) groups is 2. The molecule has 1 amide bonds. The van der Waals surface area contributed by atoms with E-state index in [4.69, 9.17) is 9.47 Å². The van der Waals surface area contributed by atoms with Crippen LogP contribution in [0.15, 0.2) is 29.4 Å². The second kappa shape index (κ2) is 11.5.